The molecule has 644 valence electrons. The average molecular weight is 1530 g/mol. The van der Waals surface area contributed by atoms with Gasteiger partial charge in [-0.05, 0) is 164 Å². The van der Waals surface area contributed by atoms with Gasteiger partial charge in [0.25, 0.3) is 0 Å². The van der Waals surface area contributed by atoms with Gasteiger partial charge in [-0.3, -0.25) is 48.3 Å². The number of nitrogens with zero attached hydrogens (tertiary/aromatic N) is 5. The zero-order valence-corrected chi connectivity index (χ0v) is 72.5. The molecule has 0 aromatic carbocycles. The van der Waals surface area contributed by atoms with Crippen LogP contribution in [-0.4, -0.2) is 245 Å². The maximum absolute atomic E-state index is 11.6. The maximum atomic E-state index is 11.6. The average Bonchev–Trinajstić information content (AvgIpc) is 0.900. The van der Waals surface area contributed by atoms with Crippen molar-refractivity contribution in [1.82, 2.24) is 40.4 Å². The summed E-state index contributed by atoms with van der Waals surface area (Å²) in [6.07, 6.45) is 12.9. The van der Waals surface area contributed by atoms with E-state index in [-0.39, 0.29) is 95.1 Å². The van der Waals surface area contributed by atoms with E-state index in [1.807, 2.05) is 111 Å². The second-order valence-electron chi connectivity index (χ2n) is 33.2. The molecular formula is C88H187N9O10. The van der Waals surface area contributed by atoms with Crippen LogP contribution >= 0.6 is 0 Å². The fourth-order valence-electron chi connectivity index (χ4n) is 10.7. The highest BCUT2D eigenvalue weighted by molar-refractivity contribution is 5.84. The Hall–Kier alpha value is -2.79. The minimum absolute atomic E-state index is 0. The van der Waals surface area contributed by atoms with Crippen molar-refractivity contribution >= 4 is 40.5 Å². The van der Waals surface area contributed by atoms with E-state index in [4.69, 9.17) is 19.9 Å². The summed E-state index contributed by atoms with van der Waals surface area (Å²) in [4.78, 5) is 91.7. The highest BCUT2D eigenvalue weighted by Gasteiger charge is 2.25. The highest BCUT2D eigenvalue weighted by Crippen LogP contribution is 2.25. The molecule has 0 unspecified atom stereocenters. The van der Waals surface area contributed by atoms with Crippen LogP contribution in [0.25, 0.3) is 0 Å². The summed E-state index contributed by atoms with van der Waals surface area (Å²) in [5, 5.41) is 9.57. The van der Waals surface area contributed by atoms with E-state index >= 15 is 0 Å². The largest absolute Gasteiger partial charge is 0.380 e. The summed E-state index contributed by atoms with van der Waals surface area (Å²) in [5.74, 6) is 5.03. The molecule has 19 nitrogen and oxygen atoms in total. The molecule has 19 heteroatoms. The number of nitrogens with one attached hydrogen (secondary N) is 3. The predicted octanol–water partition coefficient (Wildman–Crippen LogP) is 16.1. The molecule has 0 bridgehead atoms. The topological polar surface area (TPSA) is 225 Å². The molecule has 0 aliphatic carbocycles. The molecule has 5 N–H and O–H groups in total. The van der Waals surface area contributed by atoms with E-state index in [1.165, 1.54) is 58.3 Å². The van der Waals surface area contributed by atoms with Crippen LogP contribution in [0, 0.1) is 53.3 Å². The Morgan fingerprint density at radius 1 is 0.374 bits per heavy atom. The van der Waals surface area contributed by atoms with Gasteiger partial charge in [0.1, 0.15) is 41.3 Å². The second-order valence-corrected chi connectivity index (χ2v) is 33.2. The van der Waals surface area contributed by atoms with Crippen molar-refractivity contribution in [3.8, 4) is 0 Å². The fraction of sp³-hybridized carbons (Fsp3) is 0.920. The summed E-state index contributed by atoms with van der Waals surface area (Å²) >= 11 is 0. The third-order valence-corrected chi connectivity index (χ3v) is 19.0. The minimum Gasteiger partial charge on any atom is -0.380 e. The lowest BCUT2D eigenvalue weighted by atomic mass is 9.89. The third-order valence-electron chi connectivity index (χ3n) is 19.0. The first-order valence-electron chi connectivity index (χ1n) is 41.1. The Kier molecular flexibility index (Phi) is 83.6. The number of piperazine rings is 1. The predicted molar refractivity (Wildman–Crippen MR) is 462 cm³/mol. The van der Waals surface area contributed by atoms with Crippen molar-refractivity contribution < 1.29 is 47.8 Å². The monoisotopic (exact) mass is 1530 g/mol. The van der Waals surface area contributed by atoms with Crippen LogP contribution in [0.3, 0.4) is 0 Å². The molecule has 3 rings (SSSR count). The van der Waals surface area contributed by atoms with Gasteiger partial charge < -0.3 is 45.7 Å². The van der Waals surface area contributed by atoms with E-state index in [0.717, 1.165) is 103 Å². The van der Waals surface area contributed by atoms with Gasteiger partial charge in [0, 0.05) is 142 Å². The van der Waals surface area contributed by atoms with Gasteiger partial charge in [0.05, 0.1) is 52.7 Å². The van der Waals surface area contributed by atoms with Gasteiger partial charge in [-0.2, -0.15) is 0 Å². The number of rotatable bonds is 45. The number of unbranched alkanes of at least 4 members (excludes halogenated alkanes) is 1. The Bertz CT molecular complexity index is 2080. The Labute approximate surface area is 665 Å². The van der Waals surface area contributed by atoms with Gasteiger partial charge in [0.2, 0.25) is 0 Å². The summed E-state index contributed by atoms with van der Waals surface area (Å²) in [7, 11) is 0. The number of carbonyl (C=O) groups is 7. The summed E-state index contributed by atoms with van der Waals surface area (Å²) < 4.78 is 15.8. The lowest BCUT2D eigenvalue weighted by Gasteiger charge is -2.36. The molecule has 3 heterocycles. The van der Waals surface area contributed by atoms with E-state index in [1.54, 1.807) is 0 Å². The quantitative estimate of drug-likeness (QED) is 0.0416. The van der Waals surface area contributed by atoms with Gasteiger partial charge in [0.15, 0.2) is 5.78 Å². The van der Waals surface area contributed by atoms with E-state index in [9.17, 15) is 33.6 Å². The van der Waals surface area contributed by atoms with E-state index < -0.39 is 0 Å². The molecule has 3 fully saturated rings. The molecule has 0 spiro atoms. The normalized spacial score (nSPS) is 14.7. The molecule has 0 aromatic rings. The number of ketones is 7. The second kappa shape index (κ2) is 74.6. The summed E-state index contributed by atoms with van der Waals surface area (Å²) in [6, 6.07) is 3.83. The number of Topliss-reactive ketones (excluding diaryl/α,β-unsaturated/α-hetero) is 7. The molecule has 3 saturated heterocycles. The number of ether oxygens (including phenoxy) is 3. The SMILES string of the molecule is C.C.C.C.CC(C)C(=O)CCC1CCN(C(C)C)CC1.CC(C)C(=O)CCCC1CCN(C(C)C)CC1.CC(C)C(=O)CN(CCCCN)C(C)C.CC(C)C(=O)CN1CCN(C(C)C)CC1.CC(C)NCC(=O)C(C)C.CC(C)NCCOCCC(=O)C(C)C.CC(C)NCCOCCOCC(=O)C(C)C. The maximum Gasteiger partial charge on any atom is 0.160 e. The van der Waals surface area contributed by atoms with Crippen LogP contribution in [0.2, 0.25) is 0 Å². The molecule has 0 saturated carbocycles. The number of hydrogen-bond acceptors (Lipinski definition) is 19. The molecule has 3 aliphatic heterocycles. The zero-order chi connectivity index (χ0) is 79.7. The molecule has 3 aliphatic rings. The van der Waals surface area contributed by atoms with Crippen LogP contribution in [0.15, 0.2) is 0 Å². The number of nitrogens with two attached hydrogens (primary N) is 1. The van der Waals surface area contributed by atoms with Crippen LogP contribution < -0.4 is 21.7 Å². The van der Waals surface area contributed by atoms with Gasteiger partial charge in [-0.15, -0.1) is 0 Å². The van der Waals surface area contributed by atoms with Crippen molar-refractivity contribution in [2.45, 2.75) is 343 Å². The molecule has 0 atom stereocenters. The van der Waals surface area contributed by atoms with Gasteiger partial charge in [-0.1, -0.05) is 168 Å². The summed E-state index contributed by atoms with van der Waals surface area (Å²) in [5.41, 5.74) is 5.45. The van der Waals surface area contributed by atoms with Crippen molar-refractivity contribution in [1.29, 1.82) is 0 Å². The van der Waals surface area contributed by atoms with Gasteiger partial charge in [-0.25, -0.2) is 0 Å². The number of likely N-dealkylation sites (tertiary alicyclic amines) is 2. The third kappa shape index (κ3) is 73.2. The Morgan fingerprint density at radius 2 is 0.738 bits per heavy atom. The lowest BCUT2D eigenvalue weighted by Crippen LogP contribution is -2.50. The molecule has 0 radical (unpaired) electrons. The minimum atomic E-state index is 0. The Balaban J connectivity index is -0.000000178. The lowest BCUT2D eigenvalue weighted by molar-refractivity contribution is -0.127. The molecule has 0 aromatic heterocycles. The summed E-state index contributed by atoms with van der Waals surface area (Å²) in [6.45, 7) is 75.1. The van der Waals surface area contributed by atoms with Crippen LogP contribution in [0.4, 0.5) is 0 Å². The molecular weight excluding hydrogens is 1340 g/mol. The van der Waals surface area contributed by atoms with Crippen molar-refractivity contribution in [2.75, 3.05) is 138 Å². The van der Waals surface area contributed by atoms with E-state index in [2.05, 4.69) is 124 Å². The number of piperidine rings is 2. The molecule has 107 heavy (non-hydrogen) atoms. The fourth-order valence-corrected chi connectivity index (χ4v) is 10.7. The van der Waals surface area contributed by atoms with Crippen molar-refractivity contribution in [3.05, 3.63) is 0 Å². The number of carbonyl (C=O) groups excluding carboxylic acids is 7. The first-order chi connectivity index (χ1) is 48.1. The van der Waals surface area contributed by atoms with Crippen molar-refractivity contribution in [3.63, 3.8) is 0 Å². The van der Waals surface area contributed by atoms with Crippen LogP contribution in [0.5, 0.6) is 0 Å². The first-order valence-corrected chi connectivity index (χ1v) is 41.1. The van der Waals surface area contributed by atoms with E-state index in [0.29, 0.717) is 125 Å². The van der Waals surface area contributed by atoms with Gasteiger partial charge >= 0.3 is 0 Å². The number of hydrogen-bond donors (Lipinski definition) is 4. The zero-order valence-electron chi connectivity index (χ0n) is 72.5. The van der Waals surface area contributed by atoms with Crippen molar-refractivity contribution in [2.24, 2.45) is 59.0 Å². The molecule has 0 amide bonds. The van der Waals surface area contributed by atoms with Crippen LogP contribution in [0.1, 0.15) is 301 Å². The first kappa shape index (κ1) is 120. The standard InChI is InChI=1S/C15H29NO.C14H27NO.C12H24N2O.C12H26N2O.C12H25NO3.C11H23NO2.C8H17NO.4CH4/c1-12(2)15(17)7-5-6-14-8-10-16(11-9-14)13(3)4;1-11(2)14(16)6-5-13-7-9-15(10-8-13)12(3)4;1-10(2)12(15)9-13-5-7-14(8-6-13)11(3)4;1-10(2)12(15)9-14(11(3)4)8-6-5-7-13;1-10(2)12(14)9-16-8-7-15-6-5-13-11(3)4;1-9(2)11(13)5-7-14-8-6-12-10(3)4;1-6(2)8(10)5-9-7(3)4;;;;/h12-14H,5-11H2,1-4H3;11-13H,5-10H2,1-4H3;10-11H,5-9H2,1-4H3;10-11H,5-9,13H2,1-4H3;10-11,13H,5-9H2,1-4H3;9-10,12H,5-8H2,1-4H3;6-7,9H,5H2,1-4H3;4*1H4. The highest BCUT2D eigenvalue weighted by atomic mass is 16.5. The Morgan fingerprint density at radius 3 is 1.11 bits per heavy atom. The smallest absolute Gasteiger partial charge is 0.160 e. The van der Waals surface area contributed by atoms with Crippen LogP contribution in [-0.2, 0) is 47.8 Å².